The third-order valence-corrected chi connectivity index (χ3v) is 5.83. The van der Waals surface area contributed by atoms with E-state index in [0.29, 0.717) is 25.9 Å². The van der Waals surface area contributed by atoms with Crippen molar-refractivity contribution in [2.75, 3.05) is 13.1 Å². The molecule has 5 nitrogen and oxygen atoms in total. The van der Waals surface area contributed by atoms with Gasteiger partial charge in [0.05, 0.1) is 21.1 Å². The number of aromatic nitrogens is 1. The maximum absolute atomic E-state index is 12.4. The number of carbonyl (C=O) groups is 2. The van der Waals surface area contributed by atoms with E-state index in [1.165, 1.54) is 4.70 Å². The molecule has 2 heterocycles. The number of nitrogens with zero attached hydrogens (tertiary/aromatic N) is 2. The van der Waals surface area contributed by atoms with Crippen molar-refractivity contribution in [1.29, 1.82) is 0 Å². The first kappa shape index (κ1) is 17.9. The molecule has 0 aliphatic carbocycles. The van der Waals surface area contributed by atoms with E-state index < -0.39 is 11.9 Å². The summed E-state index contributed by atoms with van der Waals surface area (Å²) in [6, 6.07) is 8.12. The largest absolute Gasteiger partial charge is 0.481 e. The van der Waals surface area contributed by atoms with Crippen LogP contribution in [0.1, 0.15) is 37.6 Å². The van der Waals surface area contributed by atoms with Crippen molar-refractivity contribution >= 4 is 33.4 Å². The van der Waals surface area contributed by atoms with Gasteiger partial charge in [-0.1, -0.05) is 19.1 Å². The summed E-state index contributed by atoms with van der Waals surface area (Å²) in [6.07, 6.45) is 3.79. The van der Waals surface area contributed by atoms with Crippen LogP contribution in [0.15, 0.2) is 24.3 Å². The molecule has 2 aromatic rings. The van der Waals surface area contributed by atoms with Crippen molar-refractivity contribution in [3.63, 3.8) is 0 Å². The van der Waals surface area contributed by atoms with Crippen molar-refractivity contribution in [3.8, 4) is 0 Å². The second kappa shape index (κ2) is 7.95. The standard InChI is InChI=1S/C19H24N2O3S/c1-13-10-14(19(23)24)12-21(11-13)18(22)9-5-4-8-17-20-15-6-2-3-7-16(15)25-17/h2-3,6-7,13-14H,4-5,8-12H2,1H3,(H,23,24). The summed E-state index contributed by atoms with van der Waals surface area (Å²) in [7, 11) is 0. The number of piperidine rings is 1. The smallest absolute Gasteiger partial charge is 0.308 e. The predicted octanol–water partition coefficient (Wildman–Crippen LogP) is 3.58. The molecule has 25 heavy (non-hydrogen) atoms. The van der Waals surface area contributed by atoms with Crippen LogP contribution >= 0.6 is 11.3 Å². The summed E-state index contributed by atoms with van der Waals surface area (Å²) < 4.78 is 1.20. The Morgan fingerprint density at radius 2 is 2.08 bits per heavy atom. The number of thiazole rings is 1. The molecule has 1 aromatic heterocycles. The summed E-state index contributed by atoms with van der Waals surface area (Å²) >= 11 is 1.72. The number of hydrogen-bond donors (Lipinski definition) is 1. The average molecular weight is 360 g/mol. The molecule has 0 spiro atoms. The maximum Gasteiger partial charge on any atom is 0.308 e. The molecule has 1 aliphatic rings. The number of rotatable bonds is 6. The van der Waals surface area contributed by atoms with Gasteiger partial charge in [-0.15, -0.1) is 11.3 Å². The number of amides is 1. The zero-order valence-corrected chi connectivity index (χ0v) is 15.3. The molecular formula is C19H24N2O3S. The molecule has 134 valence electrons. The molecule has 2 atom stereocenters. The highest BCUT2D eigenvalue weighted by Crippen LogP contribution is 2.24. The first-order valence-electron chi connectivity index (χ1n) is 8.88. The summed E-state index contributed by atoms with van der Waals surface area (Å²) in [6.45, 7) is 3.05. The number of aryl methyl sites for hydroxylation is 1. The van der Waals surface area contributed by atoms with E-state index in [1.54, 1.807) is 16.2 Å². The predicted molar refractivity (Wildman–Crippen MR) is 98.7 cm³/mol. The van der Waals surface area contributed by atoms with Gasteiger partial charge in [-0.3, -0.25) is 9.59 Å². The fourth-order valence-corrected chi connectivity index (χ4v) is 4.48. The molecular weight excluding hydrogens is 336 g/mol. The zero-order valence-electron chi connectivity index (χ0n) is 14.5. The first-order valence-corrected chi connectivity index (χ1v) is 9.69. The van der Waals surface area contributed by atoms with E-state index in [2.05, 4.69) is 11.1 Å². The second-order valence-electron chi connectivity index (χ2n) is 6.96. The lowest BCUT2D eigenvalue weighted by Gasteiger charge is -2.34. The molecule has 1 amide bonds. The Morgan fingerprint density at radius 1 is 1.28 bits per heavy atom. The summed E-state index contributed by atoms with van der Waals surface area (Å²) in [5, 5.41) is 10.3. The minimum absolute atomic E-state index is 0.0853. The van der Waals surface area contributed by atoms with E-state index in [-0.39, 0.29) is 11.8 Å². The van der Waals surface area contributed by atoms with E-state index in [9.17, 15) is 14.7 Å². The summed E-state index contributed by atoms with van der Waals surface area (Å²) in [4.78, 5) is 30.0. The van der Waals surface area contributed by atoms with Crippen LogP contribution in [0.5, 0.6) is 0 Å². The highest BCUT2D eigenvalue weighted by molar-refractivity contribution is 7.18. The monoisotopic (exact) mass is 360 g/mol. The van der Waals surface area contributed by atoms with Crippen LogP contribution in [0.2, 0.25) is 0 Å². The molecule has 0 bridgehead atoms. The third-order valence-electron chi connectivity index (χ3n) is 4.73. The van der Waals surface area contributed by atoms with Crippen molar-refractivity contribution in [2.24, 2.45) is 11.8 Å². The Hall–Kier alpha value is -1.95. The molecule has 1 aliphatic heterocycles. The molecule has 1 aromatic carbocycles. The maximum atomic E-state index is 12.4. The Balaban J connectivity index is 1.45. The minimum Gasteiger partial charge on any atom is -0.481 e. The van der Waals surface area contributed by atoms with Crippen molar-refractivity contribution in [1.82, 2.24) is 9.88 Å². The van der Waals surface area contributed by atoms with Crippen LogP contribution in [0.4, 0.5) is 0 Å². The minimum atomic E-state index is -0.791. The normalized spacial score (nSPS) is 20.8. The quantitative estimate of drug-likeness (QED) is 0.800. The van der Waals surface area contributed by atoms with Gasteiger partial charge in [0.15, 0.2) is 0 Å². The molecule has 1 fully saturated rings. The molecule has 1 N–H and O–H groups in total. The van der Waals surface area contributed by atoms with Crippen LogP contribution in [-0.2, 0) is 16.0 Å². The van der Waals surface area contributed by atoms with Gasteiger partial charge in [0, 0.05) is 19.5 Å². The van der Waals surface area contributed by atoms with Crippen LogP contribution in [0, 0.1) is 11.8 Å². The number of unbranched alkanes of at least 4 members (excludes halogenated alkanes) is 1. The Labute approximate surface area is 151 Å². The van der Waals surface area contributed by atoms with Crippen molar-refractivity contribution < 1.29 is 14.7 Å². The van der Waals surface area contributed by atoms with Gasteiger partial charge in [-0.05, 0) is 43.7 Å². The van der Waals surface area contributed by atoms with Crippen molar-refractivity contribution in [2.45, 2.75) is 39.0 Å². The third kappa shape index (κ3) is 4.57. The van der Waals surface area contributed by atoms with Gasteiger partial charge in [0.1, 0.15) is 0 Å². The number of hydrogen-bond acceptors (Lipinski definition) is 4. The molecule has 1 saturated heterocycles. The average Bonchev–Trinajstić information content (AvgIpc) is 3.00. The topological polar surface area (TPSA) is 70.5 Å². The lowest BCUT2D eigenvalue weighted by atomic mass is 9.90. The number of fused-ring (bicyclic) bond motifs is 1. The van der Waals surface area contributed by atoms with Gasteiger partial charge in [-0.25, -0.2) is 4.98 Å². The van der Waals surface area contributed by atoms with Crippen LogP contribution < -0.4 is 0 Å². The fraction of sp³-hybridized carbons (Fsp3) is 0.526. The molecule has 2 unspecified atom stereocenters. The van der Waals surface area contributed by atoms with E-state index in [1.807, 2.05) is 25.1 Å². The summed E-state index contributed by atoms with van der Waals surface area (Å²) in [5.41, 5.74) is 1.04. The molecule has 0 radical (unpaired) electrons. The van der Waals surface area contributed by atoms with Crippen molar-refractivity contribution in [3.05, 3.63) is 29.3 Å². The van der Waals surface area contributed by atoms with E-state index in [0.717, 1.165) is 29.8 Å². The number of carboxylic acids is 1. The van der Waals surface area contributed by atoms with Gasteiger partial charge < -0.3 is 10.0 Å². The van der Waals surface area contributed by atoms with Gasteiger partial charge in [0.2, 0.25) is 5.91 Å². The number of aliphatic carboxylic acids is 1. The fourth-order valence-electron chi connectivity index (χ4n) is 3.47. The SMILES string of the molecule is CC1CC(C(=O)O)CN(C(=O)CCCCc2nc3ccccc3s2)C1. The van der Waals surface area contributed by atoms with E-state index >= 15 is 0 Å². The van der Waals surface area contributed by atoms with Gasteiger partial charge >= 0.3 is 5.97 Å². The number of para-hydroxylation sites is 1. The highest BCUT2D eigenvalue weighted by atomic mass is 32.1. The Morgan fingerprint density at radius 3 is 2.84 bits per heavy atom. The zero-order chi connectivity index (χ0) is 17.8. The molecule has 6 heteroatoms. The highest BCUT2D eigenvalue weighted by Gasteiger charge is 2.31. The number of likely N-dealkylation sites (tertiary alicyclic amines) is 1. The first-order chi connectivity index (χ1) is 12.0. The van der Waals surface area contributed by atoms with Gasteiger partial charge in [0.25, 0.3) is 0 Å². The van der Waals surface area contributed by atoms with Crippen LogP contribution in [-0.4, -0.2) is 40.0 Å². The Kier molecular flexibility index (Phi) is 5.68. The number of benzene rings is 1. The number of carboxylic acid groups (broad SMARTS) is 1. The lowest BCUT2D eigenvalue weighted by molar-refractivity contribution is -0.146. The molecule has 0 saturated carbocycles. The Bertz CT molecular complexity index is 725. The molecule has 3 rings (SSSR count). The van der Waals surface area contributed by atoms with Gasteiger partial charge in [-0.2, -0.15) is 0 Å². The number of carbonyl (C=O) groups excluding carboxylic acids is 1. The lowest BCUT2D eigenvalue weighted by Crippen LogP contribution is -2.45. The van der Waals surface area contributed by atoms with Crippen LogP contribution in [0.25, 0.3) is 10.2 Å². The van der Waals surface area contributed by atoms with Crippen LogP contribution in [0.3, 0.4) is 0 Å². The summed E-state index contributed by atoms with van der Waals surface area (Å²) in [5.74, 6) is -0.876. The second-order valence-corrected chi connectivity index (χ2v) is 8.07. The van der Waals surface area contributed by atoms with E-state index in [4.69, 9.17) is 0 Å².